The van der Waals surface area contributed by atoms with Gasteiger partial charge in [-0.05, 0) is 24.3 Å². The van der Waals surface area contributed by atoms with E-state index in [1.807, 2.05) is 6.07 Å². The lowest BCUT2D eigenvalue weighted by Gasteiger charge is -2.13. The third kappa shape index (κ3) is 4.23. The molecule has 0 aliphatic carbocycles. The second-order valence-corrected chi connectivity index (χ2v) is 6.96. The number of benzene rings is 1. The van der Waals surface area contributed by atoms with Gasteiger partial charge in [-0.25, -0.2) is 19.7 Å². The van der Waals surface area contributed by atoms with Crippen molar-refractivity contribution in [3.8, 4) is 23.1 Å². The first-order chi connectivity index (χ1) is 15.5. The van der Waals surface area contributed by atoms with Gasteiger partial charge in [-0.3, -0.25) is 14.3 Å². The molecule has 0 spiro atoms. The summed E-state index contributed by atoms with van der Waals surface area (Å²) in [6.45, 7) is 0.277. The number of rotatable bonds is 6. The summed E-state index contributed by atoms with van der Waals surface area (Å²) in [5.74, 6) is -0.814. The number of carboxylic acids is 1. The first kappa shape index (κ1) is 20.9. The Balaban J connectivity index is 1.58. The minimum atomic E-state index is -1.21. The molecule has 4 rings (SSSR count). The standard InChI is InChI=1S/C21H13ClN6O4/c22-12-1-2-19(14(5-12)17-8-24-9-18(27-17)21(30)31)32-4-3-28-11-26-16-10-25-13(7-23)6-15(16)20(28)29/h1-2,5-6,8-11H,3-4H2,(H,30,31). The molecule has 0 saturated heterocycles. The largest absolute Gasteiger partial charge is 0.491 e. The highest BCUT2D eigenvalue weighted by Crippen LogP contribution is 2.31. The van der Waals surface area contributed by atoms with Crippen LogP contribution in [0.2, 0.25) is 5.02 Å². The Morgan fingerprint density at radius 2 is 2.06 bits per heavy atom. The van der Waals surface area contributed by atoms with Crippen LogP contribution in [0.25, 0.3) is 22.2 Å². The molecule has 10 nitrogen and oxygen atoms in total. The summed E-state index contributed by atoms with van der Waals surface area (Å²) < 4.78 is 7.20. The molecular formula is C21H13ClN6O4. The van der Waals surface area contributed by atoms with Crippen LogP contribution in [0.4, 0.5) is 0 Å². The molecule has 0 unspecified atom stereocenters. The maximum atomic E-state index is 12.7. The van der Waals surface area contributed by atoms with Crippen molar-refractivity contribution >= 4 is 28.5 Å². The SMILES string of the molecule is N#Cc1cc2c(=O)n(CCOc3ccc(Cl)cc3-c3cncc(C(=O)O)n3)cnc2cn1. The number of ether oxygens (including phenoxy) is 1. The topological polar surface area (TPSA) is 144 Å². The Morgan fingerprint density at radius 3 is 2.84 bits per heavy atom. The molecule has 0 amide bonds. The molecule has 0 bridgehead atoms. The smallest absolute Gasteiger partial charge is 0.356 e. The molecule has 1 aromatic carbocycles. The molecule has 11 heteroatoms. The number of hydrogen-bond acceptors (Lipinski definition) is 8. The van der Waals surface area contributed by atoms with E-state index >= 15 is 0 Å². The van der Waals surface area contributed by atoms with Gasteiger partial charge in [0.15, 0.2) is 5.69 Å². The van der Waals surface area contributed by atoms with Gasteiger partial charge in [0.05, 0.1) is 48.1 Å². The molecule has 3 heterocycles. The summed E-state index contributed by atoms with van der Waals surface area (Å²) in [6, 6.07) is 8.13. The highest BCUT2D eigenvalue weighted by Gasteiger charge is 2.13. The number of aromatic carboxylic acids is 1. The molecule has 0 aliphatic rings. The molecule has 0 fully saturated rings. The van der Waals surface area contributed by atoms with Crippen LogP contribution in [-0.4, -0.2) is 42.2 Å². The first-order valence-corrected chi connectivity index (χ1v) is 9.57. The van der Waals surface area contributed by atoms with Crippen molar-refractivity contribution in [2.75, 3.05) is 6.61 Å². The van der Waals surface area contributed by atoms with Crippen molar-refractivity contribution in [3.05, 3.63) is 75.9 Å². The van der Waals surface area contributed by atoms with Gasteiger partial charge in [0.2, 0.25) is 0 Å². The molecule has 0 atom stereocenters. The van der Waals surface area contributed by atoms with Gasteiger partial charge in [-0.1, -0.05) is 11.6 Å². The fraction of sp³-hybridized carbons (Fsp3) is 0.0952. The highest BCUT2D eigenvalue weighted by atomic mass is 35.5. The van der Waals surface area contributed by atoms with Crippen molar-refractivity contribution in [2.24, 2.45) is 0 Å². The van der Waals surface area contributed by atoms with Crippen LogP contribution >= 0.6 is 11.6 Å². The van der Waals surface area contributed by atoms with Crippen LogP contribution in [0.15, 0.2) is 54.0 Å². The van der Waals surface area contributed by atoms with Gasteiger partial charge in [-0.15, -0.1) is 0 Å². The molecule has 1 N–H and O–H groups in total. The summed E-state index contributed by atoms with van der Waals surface area (Å²) in [7, 11) is 0. The average molecular weight is 449 g/mol. The van der Waals surface area contributed by atoms with E-state index in [4.69, 9.17) is 26.7 Å². The van der Waals surface area contributed by atoms with Gasteiger partial charge in [-0.2, -0.15) is 5.26 Å². The Morgan fingerprint density at radius 1 is 1.22 bits per heavy atom. The normalized spacial score (nSPS) is 10.6. The van der Waals surface area contributed by atoms with Crippen molar-refractivity contribution in [1.82, 2.24) is 24.5 Å². The van der Waals surface area contributed by atoms with Gasteiger partial charge in [0, 0.05) is 10.6 Å². The van der Waals surface area contributed by atoms with E-state index in [9.17, 15) is 9.59 Å². The molecular weight excluding hydrogens is 436 g/mol. The van der Waals surface area contributed by atoms with Crippen molar-refractivity contribution in [1.29, 1.82) is 5.26 Å². The number of hydrogen-bond donors (Lipinski definition) is 1. The maximum absolute atomic E-state index is 12.7. The Bertz CT molecular complexity index is 1450. The molecule has 0 saturated carbocycles. The summed E-state index contributed by atoms with van der Waals surface area (Å²) in [5, 5.41) is 18.9. The predicted molar refractivity (Wildman–Crippen MR) is 113 cm³/mol. The van der Waals surface area contributed by atoms with E-state index in [2.05, 4.69) is 19.9 Å². The third-order valence-electron chi connectivity index (χ3n) is 4.49. The number of carbonyl (C=O) groups is 1. The summed E-state index contributed by atoms with van der Waals surface area (Å²) in [6.07, 6.45) is 5.31. The van der Waals surface area contributed by atoms with Crippen LogP contribution in [0, 0.1) is 11.3 Å². The lowest BCUT2D eigenvalue weighted by atomic mass is 10.1. The number of pyridine rings is 1. The van der Waals surface area contributed by atoms with Gasteiger partial charge in [0.25, 0.3) is 5.56 Å². The molecule has 158 valence electrons. The summed E-state index contributed by atoms with van der Waals surface area (Å²) in [5.41, 5.74) is 0.719. The molecule has 4 aromatic rings. The number of fused-ring (bicyclic) bond motifs is 1. The Labute approximate surface area is 185 Å². The zero-order valence-corrected chi connectivity index (χ0v) is 17.0. The van der Waals surface area contributed by atoms with Gasteiger partial charge < -0.3 is 9.84 Å². The zero-order chi connectivity index (χ0) is 22.7. The van der Waals surface area contributed by atoms with Crippen LogP contribution in [0.5, 0.6) is 5.75 Å². The fourth-order valence-corrected chi connectivity index (χ4v) is 3.13. The number of halogens is 1. The quantitative estimate of drug-likeness (QED) is 0.470. The number of nitrogens with zero attached hydrogens (tertiary/aromatic N) is 6. The Hall–Kier alpha value is -4.36. The van der Waals surface area contributed by atoms with Crippen LogP contribution < -0.4 is 10.3 Å². The van der Waals surface area contributed by atoms with E-state index in [1.54, 1.807) is 18.2 Å². The Kier molecular flexibility index (Phi) is 5.74. The number of aromatic nitrogens is 5. The second-order valence-electron chi connectivity index (χ2n) is 6.53. The van der Waals surface area contributed by atoms with E-state index in [-0.39, 0.29) is 41.2 Å². The van der Waals surface area contributed by atoms with Crippen LogP contribution in [0.1, 0.15) is 16.2 Å². The first-order valence-electron chi connectivity index (χ1n) is 9.19. The minimum absolute atomic E-state index is 0.101. The fourth-order valence-electron chi connectivity index (χ4n) is 2.96. The molecule has 32 heavy (non-hydrogen) atoms. The molecule has 3 aromatic heterocycles. The number of carboxylic acid groups (broad SMARTS) is 1. The molecule has 0 radical (unpaired) electrons. The predicted octanol–water partition coefficient (Wildman–Crippen LogP) is 2.55. The van der Waals surface area contributed by atoms with Crippen molar-refractivity contribution < 1.29 is 14.6 Å². The van der Waals surface area contributed by atoms with Gasteiger partial charge in [0.1, 0.15) is 24.1 Å². The summed E-state index contributed by atoms with van der Waals surface area (Å²) >= 11 is 6.10. The van der Waals surface area contributed by atoms with E-state index in [0.717, 1.165) is 6.20 Å². The lowest BCUT2D eigenvalue weighted by Crippen LogP contribution is -2.23. The zero-order valence-electron chi connectivity index (χ0n) is 16.3. The highest BCUT2D eigenvalue weighted by molar-refractivity contribution is 6.31. The van der Waals surface area contributed by atoms with Crippen molar-refractivity contribution in [3.63, 3.8) is 0 Å². The van der Waals surface area contributed by atoms with Crippen LogP contribution in [0.3, 0.4) is 0 Å². The summed E-state index contributed by atoms with van der Waals surface area (Å²) in [4.78, 5) is 40.0. The maximum Gasteiger partial charge on any atom is 0.356 e. The average Bonchev–Trinajstić information content (AvgIpc) is 2.81. The van der Waals surface area contributed by atoms with Crippen molar-refractivity contribution in [2.45, 2.75) is 6.54 Å². The second kappa shape index (κ2) is 8.79. The number of nitriles is 1. The van der Waals surface area contributed by atoms with Crippen LogP contribution in [-0.2, 0) is 6.54 Å². The molecule has 0 aliphatic heterocycles. The third-order valence-corrected chi connectivity index (χ3v) is 4.72. The lowest BCUT2D eigenvalue weighted by molar-refractivity contribution is 0.0690. The van der Waals surface area contributed by atoms with E-state index in [0.29, 0.717) is 21.9 Å². The minimum Gasteiger partial charge on any atom is -0.491 e. The van der Waals surface area contributed by atoms with E-state index < -0.39 is 5.97 Å². The van der Waals surface area contributed by atoms with E-state index in [1.165, 1.54) is 29.4 Å². The monoisotopic (exact) mass is 448 g/mol. The van der Waals surface area contributed by atoms with Gasteiger partial charge >= 0.3 is 5.97 Å².